The third-order valence-electron chi connectivity index (χ3n) is 16.8. The summed E-state index contributed by atoms with van der Waals surface area (Å²) < 4.78 is 0. The molecule has 0 aliphatic heterocycles. The highest BCUT2D eigenvalue weighted by Gasteiger charge is 2.52. The fourth-order valence-corrected chi connectivity index (χ4v) is 12.6. The molecule has 10 aromatic rings. The summed E-state index contributed by atoms with van der Waals surface area (Å²) in [5.74, 6) is 0. The molecular weight excluding hydrogens is 903 g/mol. The van der Waals surface area contributed by atoms with Gasteiger partial charge in [-0.05, 0) is 153 Å². The van der Waals surface area contributed by atoms with Gasteiger partial charge in [0.25, 0.3) is 0 Å². The maximum Gasteiger partial charge on any atom is 0.0725 e. The number of hydrogen-bond donors (Lipinski definition) is 0. The van der Waals surface area contributed by atoms with Crippen molar-refractivity contribution >= 4 is 11.4 Å². The average molecular weight is 970 g/mol. The van der Waals surface area contributed by atoms with Gasteiger partial charge in [0.15, 0.2) is 0 Å². The smallest absolute Gasteiger partial charge is 0.0725 e. The van der Waals surface area contributed by atoms with Gasteiger partial charge < -0.3 is 4.90 Å². The van der Waals surface area contributed by atoms with Crippen LogP contribution in [-0.2, 0) is 21.7 Å². The molecular formula is C74H67N. The van der Waals surface area contributed by atoms with Crippen molar-refractivity contribution in [2.75, 3.05) is 11.9 Å². The zero-order valence-electron chi connectivity index (χ0n) is 45.3. The van der Waals surface area contributed by atoms with E-state index in [1.165, 1.54) is 128 Å². The number of aryl methyl sites for hydroxylation is 1. The molecule has 0 N–H and O–H groups in total. The van der Waals surface area contributed by atoms with E-state index >= 15 is 0 Å². The molecule has 368 valence electrons. The summed E-state index contributed by atoms with van der Waals surface area (Å²) in [7, 11) is 2.16. The Hall–Kier alpha value is -8.00. The van der Waals surface area contributed by atoms with Gasteiger partial charge in [0, 0.05) is 23.8 Å². The van der Waals surface area contributed by atoms with Crippen molar-refractivity contribution in [2.45, 2.75) is 84.0 Å². The summed E-state index contributed by atoms with van der Waals surface area (Å²) in [6, 6.07) is 83.9. The molecule has 13 rings (SSSR count). The second-order valence-corrected chi connectivity index (χ2v) is 23.9. The van der Waals surface area contributed by atoms with Crippen LogP contribution in [-0.4, -0.2) is 7.05 Å². The highest BCUT2D eigenvalue weighted by Crippen LogP contribution is 2.64. The van der Waals surface area contributed by atoms with Gasteiger partial charge in [-0.3, -0.25) is 0 Å². The minimum absolute atomic E-state index is 0.0197. The Bertz CT molecular complexity index is 3750. The molecule has 1 nitrogen and oxygen atoms in total. The molecule has 10 aromatic carbocycles. The van der Waals surface area contributed by atoms with E-state index in [9.17, 15) is 0 Å². The standard InChI is InChI=1S/C42H34.C32H33N/c1-27-16-25-35-39(26-27)42(36-13-7-5-10-33(36)34-11-6-8-14-37(34)42)38-15-9-12-32(40(35)38)30-19-17-28(18-20-30)29-21-23-31(24-22-29)41(2,3)4;1-31(2,3)24-15-11-22(12-16-24)23-13-17-25(18-14-23)33(6)26-19-20-28-27-9-7-8-10-29(27)32(4,5)30(28)21-26/h5-26H,1-4H3;7-21H,1-6H3. The SMILES string of the molecule is CN(c1ccc(-c2ccc(C(C)(C)C)cc2)cc1)c1ccc2c(c1)C(C)(C)c1ccccc1-2.Cc1ccc2c(c1)C1(c3ccccc3-c3ccccc31)c1cccc(-c3ccc(-c4ccc(C(C)(C)C)cc4)cc3)c1-2. The van der Waals surface area contributed by atoms with Crippen LogP contribution in [0.1, 0.15) is 105 Å². The van der Waals surface area contributed by atoms with Crippen LogP contribution in [0.2, 0.25) is 0 Å². The highest BCUT2D eigenvalue weighted by molar-refractivity contribution is 6.00. The summed E-state index contributed by atoms with van der Waals surface area (Å²) in [5.41, 5.74) is 30.6. The molecule has 0 amide bonds. The predicted molar refractivity (Wildman–Crippen MR) is 320 cm³/mol. The van der Waals surface area contributed by atoms with Crippen LogP contribution in [0.4, 0.5) is 11.4 Å². The molecule has 0 atom stereocenters. The molecule has 0 aromatic heterocycles. The largest absolute Gasteiger partial charge is 0.345 e. The average Bonchev–Trinajstić information content (AvgIpc) is 4.15. The maximum atomic E-state index is 2.43. The number of benzene rings is 10. The molecule has 0 radical (unpaired) electrons. The minimum atomic E-state index is -0.311. The summed E-state index contributed by atoms with van der Waals surface area (Å²) in [6.45, 7) is 20.5. The van der Waals surface area contributed by atoms with Crippen molar-refractivity contribution in [3.05, 3.63) is 275 Å². The summed E-state index contributed by atoms with van der Waals surface area (Å²) in [4.78, 5) is 2.28. The van der Waals surface area contributed by atoms with Crippen LogP contribution in [0, 0.1) is 6.92 Å². The number of anilines is 2. The second-order valence-electron chi connectivity index (χ2n) is 23.9. The number of rotatable bonds is 5. The van der Waals surface area contributed by atoms with Crippen LogP contribution in [0.15, 0.2) is 224 Å². The van der Waals surface area contributed by atoms with Crippen molar-refractivity contribution in [3.63, 3.8) is 0 Å². The summed E-state index contributed by atoms with van der Waals surface area (Å²) >= 11 is 0. The topological polar surface area (TPSA) is 3.24 Å². The first-order valence-corrected chi connectivity index (χ1v) is 26.9. The normalized spacial score (nSPS) is 13.9. The number of fused-ring (bicyclic) bond motifs is 13. The maximum absolute atomic E-state index is 2.43. The van der Waals surface area contributed by atoms with Crippen LogP contribution in [0.3, 0.4) is 0 Å². The Kier molecular flexibility index (Phi) is 11.4. The Morgan fingerprint density at radius 1 is 0.320 bits per heavy atom. The molecule has 0 saturated carbocycles. The lowest BCUT2D eigenvalue weighted by Gasteiger charge is -2.30. The van der Waals surface area contributed by atoms with Crippen LogP contribution in [0.25, 0.3) is 66.8 Å². The first-order chi connectivity index (χ1) is 36.0. The fourth-order valence-electron chi connectivity index (χ4n) is 12.6. The van der Waals surface area contributed by atoms with Gasteiger partial charge in [-0.25, -0.2) is 0 Å². The van der Waals surface area contributed by atoms with E-state index in [1.54, 1.807) is 0 Å². The molecule has 0 fully saturated rings. The van der Waals surface area contributed by atoms with Gasteiger partial charge in [-0.2, -0.15) is 0 Å². The lowest BCUT2D eigenvalue weighted by Crippen LogP contribution is -2.25. The second kappa shape index (κ2) is 17.8. The molecule has 3 aliphatic rings. The quantitative estimate of drug-likeness (QED) is 0.166. The molecule has 0 saturated heterocycles. The third kappa shape index (κ3) is 7.90. The van der Waals surface area contributed by atoms with Crippen LogP contribution in [0.5, 0.6) is 0 Å². The van der Waals surface area contributed by atoms with E-state index in [0.717, 1.165) is 0 Å². The van der Waals surface area contributed by atoms with Crippen LogP contribution < -0.4 is 4.90 Å². The Labute approximate surface area is 446 Å². The molecule has 0 bridgehead atoms. The molecule has 1 spiro atoms. The third-order valence-corrected chi connectivity index (χ3v) is 16.8. The molecule has 1 heteroatoms. The Balaban J connectivity index is 0.000000157. The van der Waals surface area contributed by atoms with Gasteiger partial charge >= 0.3 is 0 Å². The zero-order valence-corrected chi connectivity index (χ0v) is 45.3. The summed E-state index contributed by atoms with van der Waals surface area (Å²) in [6.07, 6.45) is 0. The zero-order chi connectivity index (χ0) is 52.0. The molecule has 75 heavy (non-hydrogen) atoms. The lowest BCUT2D eigenvalue weighted by molar-refractivity contribution is 0.590. The lowest BCUT2D eigenvalue weighted by atomic mass is 9.70. The van der Waals surface area contributed by atoms with E-state index < -0.39 is 0 Å². The van der Waals surface area contributed by atoms with E-state index in [1.807, 2.05) is 0 Å². The number of hydrogen-bond acceptors (Lipinski definition) is 1. The summed E-state index contributed by atoms with van der Waals surface area (Å²) in [5, 5.41) is 0. The van der Waals surface area contributed by atoms with Crippen molar-refractivity contribution in [1.29, 1.82) is 0 Å². The van der Waals surface area contributed by atoms with Gasteiger partial charge in [0.2, 0.25) is 0 Å². The molecule has 3 aliphatic carbocycles. The van der Waals surface area contributed by atoms with Crippen molar-refractivity contribution < 1.29 is 0 Å². The van der Waals surface area contributed by atoms with Crippen molar-refractivity contribution in [3.8, 4) is 66.8 Å². The minimum Gasteiger partial charge on any atom is -0.345 e. The van der Waals surface area contributed by atoms with Gasteiger partial charge in [0.1, 0.15) is 0 Å². The van der Waals surface area contributed by atoms with Crippen molar-refractivity contribution in [1.82, 2.24) is 0 Å². The van der Waals surface area contributed by atoms with Gasteiger partial charge in [0.05, 0.1) is 5.41 Å². The highest BCUT2D eigenvalue weighted by atomic mass is 15.1. The molecule has 0 heterocycles. The predicted octanol–water partition coefficient (Wildman–Crippen LogP) is 19.7. The van der Waals surface area contributed by atoms with Crippen molar-refractivity contribution in [2.24, 2.45) is 0 Å². The number of nitrogens with zero attached hydrogens (tertiary/aromatic N) is 1. The monoisotopic (exact) mass is 970 g/mol. The van der Waals surface area contributed by atoms with Gasteiger partial charge in [-0.15, -0.1) is 0 Å². The van der Waals surface area contributed by atoms with Crippen LogP contribution >= 0.6 is 0 Å². The van der Waals surface area contributed by atoms with E-state index in [0.29, 0.717) is 0 Å². The fraction of sp³-hybridized carbons (Fsp3) is 0.189. The van der Waals surface area contributed by atoms with E-state index in [-0.39, 0.29) is 21.7 Å². The van der Waals surface area contributed by atoms with E-state index in [4.69, 9.17) is 0 Å². The Morgan fingerprint density at radius 3 is 1.25 bits per heavy atom. The first kappa shape index (κ1) is 48.0. The first-order valence-electron chi connectivity index (χ1n) is 26.9. The molecule has 0 unspecified atom stereocenters. The Morgan fingerprint density at radius 2 is 0.720 bits per heavy atom. The van der Waals surface area contributed by atoms with Gasteiger partial charge in [-0.1, -0.05) is 261 Å². The van der Waals surface area contributed by atoms with E-state index in [2.05, 4.69) is 299 Å².